The normalized spacial score (nSPS) is 10.5. The summed E-state index contributed by atoms with van der Waals surface area (Å²) < 4.78 is 26.8. The highest BCUT2D eigenvalue weighted by Gasteiger charge is 2.32. The van der Waals surface area contributed by atoms with Crippen molar-refractivity contribution in [1.29, 1.82) is 0 Å². The van der Waals surface area contributed by atoms with Gasteiger partial charge in [0, 0.05) is 11.1 Å². The van der Waals surface area contributed by atoms with E-state index in [1.807, 2.05) is 0 Å². The van der Waals surface area contributed by atoms with Crippen LogP contribution in [-0.2, 0) is 9.47 Å². The van der Waals surface area contributed by atoms with E-state index in [1.54, 1.807) is 76.6 Å². The van der Waals surface area contributed by atoms with Gasteiger partial charge in [-0.2, -0.15) is 0 Å². The van der Waals surface area contributed by atoms with Crippen LogP contribution in [0.25, 0.3) is 22.5 Å². The van der Waals surface area contributed by atoms with Crippen LogP contribution < -0.4 is 9.47 Å². The number of carbonyl (C=O) groups is 2. The van der Waals surface area contributed by atoms with E-state index < -0.39 is 11.9 Å². The minimum Gasteiger partial charge on any atom is -0.497 e. The summed E-state index contributed by atoms with van der Waals surface area (Å²) in [7, 11) is 3.14. The van der Waals surface area contributed by atoms with Gasteiger partial charge in [0.25, 0.3) is 0 Å². The predicted molar refractivity (Wildman–Crippen MR) is 115 cm³/mol. The fourth-order valence-electron chi connectivity index (χ4n) is 3.15. The number of methoxy groups -OCH3 is 2. The lowest BCUT2D eigenvalue weighted by atomic mass is 9.96. The van der Waals surface area contributed by atoms with Gasteiger partial charge in [0.15, 0.2) is 0 Å². The van der Waals surface area contributed by atoms with Crippen LogP contribution in [0.1, 0.15) is 34.8 Å². The fraction of sp³-hybridized carbons (Fsp3) is 0.250. The summed E-state index contributed by atoms with van der Waals surface area (Å²) in [5.74, 6) is 0.0647. The molecule has 0 unspecified atom stereocenters. The largest absolute Gasteiger partial charge is 0.497 e. The summed E-state index contributed by atoms with van der Waals surface area (Å²) in [6.45, 7) is 3.66. The van der Waals surface area contributed by atoms with Gasteiger partial charge in [-0.1, -0.05) is 12.1 Å². The number of hydrogen-bond donors (Lipinski definition) is 0. The van der Waals surface area contributed by atoms with Gasteiger partial charge in [0.2, 0.25) is 5.76 Å². The van der Waals surface area contributed by atoms with Crippen molar-refractivity contribution in [2.24, 2.45) is 0 Å². The minimum absolute atomic E-state index is 0.0243. The van der Waals surface area contributed by atoms with Crippen LogP contribution in [-0.4, -0.2) is 39.4 Å². The zero-order valence-electron chi connectivity index (χ0n) is 17.9. The number of esters is 2. The van der Waals surface area contributed by atoms with Crippen molar-refractivity contribution in [2.75, 3.05) is 27.4 Å². The quantitative estimate of drug-likeness (QED) is 0.471. The molecule has 0 atom stereocenters. The zero-order chi connectivity index (χ0) is 22.4. The number of carbonyl (C=O) groups excluding carboxylic acids is 2. The lowest BCUT2D eigenvalue weighted by Crippen LogP contribution is -2.12. The van der Waals surface area contributed by atoms with Crippen LogP contribution in [0.15, 0.2) is 52.9 Å². The minimum atomic E-state index is -0.736. The van der Waals surface area contributed by atoms with Crippen LogP contribution in [0.5, 0.6) is 11.5 Å². The molecule has 0 aliphatic heterocycles. The number of hydrogen-bond acceptors (Lipinski definition) is 7. The Balaban J connectivity index is 2.29. The number of ether oxygens (including phenoxy) is 4. The van der Waals surface area contributed by atoms with Gasteiger partial charge < -0.3 is 23.4 Å². The van der Waals surface area contributed by atoms with Gasteiger partial charge in [-0.25, -0.2) is 9.59 Å². The second-order valence-electron chi connectivity index (χ2n) is 6.41. The molecule has 0 aliphatic rings. The van der Waals surface area contributed by atoms with Gasteiger partial charge in [0.05, 0.1) is 27.4 Å². The molecule has 0 radical (unpaired) electrons. The highest BCUT2D eigenvalue weighted by Crippen LogP contribution is 2.41. The SMILES string of the molecule is CCOC(=O)c1oc(-c2ccc(OC)cc2)c(-c2ccc(OC)cc2)c1C(=O)OCC. The molecule has 3 aromatic rings. The maximum atomic E-state index is 12.9. The van der Waals surface area contributed by atoms with Crippen LogP contribution in [0, 0.1) is 0 Å². The lowest BCUT2D eigenvalue weighted by molar-refractivity contribution is 0.0453. The van der Waals surface area contributed by atoms with Crippen molar-refractivity contribution in [3.63, 3.8) is 0 Å². The van der Waals surface area contributed by atoms with E-state index >= 15 is 0 Å². The Morgan fingerprint density at radius 3 is 1.71 bits per heavy atom. The molecule has 1 aromatic heterocycles. The van der Waals surface area contributed by atoms with Crippen molar-refractivity contribution in [3.8, 4) is 33.9 Å². The summed E-state index contributed by atoms with van der Waals surface area (Å²) in [5.41, 5.74) is 1.78. The lowest BCUT2D eigenvalue weighted by Gasteiger charge is -2.08. The van der Waals surface area contributed by atoms with E-state index in [0.717, 1.165) is 0 Å². The van der Waals surface area contributed by atoms with Gasteiger partial charge in [-0.3, -0.25) is 0 Å². The molecule has 0 N–H and O–H groups in total. The molecule has 0 bridgehead atoms. The van der Waals surface area contributed by atoms with Crippen molar-refractivity contribution in [1.82, 2.24) is 0 Å². The van der Waals surface area contributed by atoms with Gasteiger partial charge in [-0.05, 0) is 55.8 Å². The molecule has 0 spiro atoms. The number of benzene rings is 2. The molecule has 0 saturated carbocycles. The predicted octanol–water partition coefficient (Wildman–Crippen LogP) is 4.98. The Morgan fingerprint density at radius 1 is 0.742 bits per heavy atom. The molecule has 7 nitrogen and oxygen atoms in total. The maximum absolute atomic E-state index is 12.9. The Morgan fingerprint density at radius 2 is 1.23 bits per heavy atom. The first-order valence-corrected chi connectivity index (χ1v) is 9.83. The topological polar surface area (TPSA) is 84.2 Å². The first kappa shape index (κ1) is 22.0. The van der Waals surface area contributed by atoms with Crippen molar-refractivity contribution < 1.29 is 33.0 Å². The molecular weight excluding hydrogens is 400 g/mol. The Kier molecular flexibility index (Phi) is 6.97. The van der Waals surface area contributed by atoms with Crippen molar-refractivity contribution in [3.05, 3.63) is 59.9 Å². The molecule has 7 heteroatoms. The monoisotopic (exact) mass is 424 g/mol. The third kappa shape index (κ3) is 4.55. The highest BCUT2D eigenvalue weighted by atomic mass is 16.5. The first-order chi connectivity index (χ1) is 15.0. The zero-order valence-corrected chi connectivity index (χ0v) is 17.9. The van der Waals surface area contributed by atoms with E-state index in [0.29, 0.717) is 33.9 Å². The summed E-state index contributed by atoms with van der Waals surface area (Å²) in [6.07, 6.45) is 0. The molecule has 0 saturated heterocycles. The van der Waals surface area contributed by atoms with Gasteiger partial charge in [-0.15, -0.1) is 0 Å². The molecule has 162 valence electrons. The smallest absolute Gasteiger partial charge is 0.375 e. The van der Waals surface area contributed by atoms with E-state index in [4.69, 9.17) is 23.4 Å². The molecule has 0 fully saturated rings. The summed E-state index contributed by atoms with van der Waals surface area (Å²) in [4.78, 5) is 25.5. The third-order valence-corrected chi connectivity index (χ3v) is 4.58. The first-order valence-electron chi connectivity index (χ1n) is 9.83. The van der Waals surface area contributed by atoms with Crippen LogP contribution >= 0.6 is 0 Å². The Bertz CT molecular complexity index is 1050. The molecule has 2 aromatic carbocycles. The molecule has 0 aliphatic carbocycles. The van der Waals surface area contributed by atoms with E-state index in [-0.39, 0.29) is 24.5 Å². The Labute approximate surface area is 180 Å². The van der Waals surface area contributed by atoms with E-state index in [9.17, 15) is 9.59 Å². The molecule has 31 heavy (non-hydrogen) atoms. The maximum Gasteiger partial charge on any atom is 0.375 e. The average molecular weight is 424 g/mol. The second kappa shape index (κ2) is 9.84. The summed E-state index contributed by atoms with van der Waals surface area (Å²) in [6, 6.07) is 14.2. The molecule has 1 heterocycles. The molecule has 3 rings (SSSR count). The van der Waals surface area contributed by atoms with Crippen molar-refractivity contribution in [2.45, 2.75) is 13.8 Å². The molecular formula is C24H24O7. The number of rotatable bonds is 8. The second-order valence-corrected chi connectivity index (χ2v) is 6.41. The van der Waals surface area contributed by atoms with Crippen molar-refractivity contribution >= 4 is 11.9 Å². The third-order valence-electron chi connectivity index (χ3n) is 4.58. The van der Waals surface area contributed by atoms with Crippen LogP contribution in [0.2, 0.25) is 0 Å². The molecule has 0 amide bonds. The van der Waals surface area contributed by atoms with Gasteiger partial charge >= 0.3 is 11.9 Å². The Hall–Kier alpha value is -3.74. The highest BCUT2D eigenvalue weighted by molar-refractivity contribution is 6.09. The van der Waals surface area contributed by atoms with E-state index in [2.05, 4.69) is 0 Å². The summed E-state index contributed by atoms with van der Waals surface area (Å²) in [5, 5.41) is 0. The average Bonchev–Trinajstić information content (AvgIpc) is 3.20. The van der Waals surface area contributed by atoms with E-state index in [1.165, 1.54) is 0 Å². The van der Waals surface area contributed by atoms with Gasteiger partial charge in [0.1, 0.15) is 22.8 Å². The summed E-state index contributed by atoms with van der Waals surface area (Å²) >= 11 is 0. The van der Waals surface area contributed by atoms with Crippen LogP contribution in [0.4, 0.5) is 0 Å². The standard InChI is InChI=1S/C24H24O7/c1-5-29-23(25)20-19(15-7-11-17(27-3)12-8-15)21(31-22(20)24(26)30-6-2)16-9-13-18(28-4)14-10-16/h7-14H,5-6H2,1-4H3. The fourth-order valence-corrected chi connectivity index (χ4v) is 3.15. The number of furan rings is 1. The van der Waals surface area contributed by atoms with Crippen LogP contribution in [0.3, 0.4) is 0 Å².